The standard InChI is InChI=1S/C18H26N4O2S/c1-21-14-18(19-15-21)25(23,24)20-17-10-6-12-22(13-17)11-5-9-16-7-3-2-4-8-16/h2-4,7-8,14-15,17,20H,5-6,9-13H2,1H3/t17-/m0/s1. The van der Waals surface area contributed by atoms with Gasteiger partial charge >= 0.3 is 0 Å². The van der Waals surface area contributed by atoms with Gasteiger partial charge in [-0.1, -0.05) is 30.3 Å². The van der Waals surface area contributed by atoms with Gasteiger partial charge in [-0.05, 0) is 44.3 Å². The van der Waals surface area contributed by atoms with E-state index in [9.17, 15) is 8.42 Å². The molecule has 0 spiro atoms. The van der Waals surface area contributed by atoms with Crippen LogP contribution in [0.15, 0.2) is 47.9 Å². The second-order valence-electron chi connectivity index (χ2n) is 6.73. The van der Waals surface area contributed by atoms with Crippen LogP contribution in [-0.2, 0) is 23.5 Å². The summed E-state index contributed by atoms with van der Waals surface area (Å²) in [6.45, 7) is 2.80. The minimum Gasteiger partial charge on any atom is -0.339 e. The van der Waals surface area contributed by atoms with Crippen LogP contribution in [0.3, 0.4) is 0 Å². The van der Waals surface area contributed by atoms with Crippen molar-refractivity contribution in [2.24, 2.45) is 7.05 Å². The third kappa shape index (κ3) is 5.14. The minimum absolute atomic E-state index is 0.0440. The molecule has 1 fully saturated rings. The first-order valence-electron chi connectivity index (χ1n) is 8.79. The summed E-state index contributed by atoms with van der Waals surface area (Å²) < 4.78 is 29.3. The zero-order chi connectivity index (χ0) is 17.7. The first-order chi connectivity index (χ1) is 12.0. The molecule has 136 valence electrons. The molecular formula is C18H26N4O2S. The van der Waals surface area contributed by atoms with E-state index in [0.29, 0.717) is 0 Å². The molecule has 1 aromatic heterocycles. The molecule has 2 aromatic rings. The highest BCUT2D eigenvalue weighted by Gasteiger charge is 2.26. The van der Waals surface area contributed by atoms with Gasteiger partial charge in [-0.3, -0.25) is 0 Å². The highest BCUT2D eigenvalue weighted by Crippen LogP contribution is 2.14. The van der Waals surface area contributed by atoms with Crippen molar-refractivity contribution < 1.29 is 8.42 Å². The first kappa shape index (κ1) is 18.1. The van der Waals surface area contributed by atoms with E-state index >= 15 is 0 Å². The summed E-state index contributed by atoms with van der Waals surface area (Å²) >= 11 is 0. The van der Waals surface area contributed by atoms with Crippen LogP contribution in [0.5, 0.6) is 0 Å². The summed E-state index contributed by atoms with van der Waals surface area (Å²) in [5.74, 6) is 0. The second kappa shape index (κ2) is 8.12. The van der Waals surface area contributed by atoms with Crippen molar-refractivity contribution in [3.63, 3.8) is 0 Å². The molecule has 1 saturated heterocycles. The smallest absolute Gasteiger partial charge is 0.259 e. The van der Waals surface area contributed by atoms with Crippen LogP contribution in [0.25, 0.3) is 0 Å². The molecule has 0 saturated carbocycles. The molecule has 0 radical (unpaired) electrons. The molecule has 3 rings (SSSR count). The lowest BCUT2D eigenvalue weighted by atomic mass is 10.1. The molecule has 1 N–H and O–H groups in total. The van der Waals surface area contributed by atoms with Gasteiger partial charge in [-0.25, -0.2) is 18.1 Å². The molecule has 1 aromatic carbocycles. The largest absolute Gasteiger partial charge is 0.339 e. The van der Waals surface area contributed by atoms with Crippen molar-refractivity contribution in [2.45, 2.75) is 36.8 Å². The summed E-state index contributed by atoms with van der Waals surface area (Å²) in [5, 5.41) is 0.0937. The average Bonchev–Trinajstić information content (AvgIpc) is 3.03. The summed E-state index contributed by atoms with van der Waals surface area (Å²) in [5.41, 5.74) is 1.35. The number of hydrogen-bond donors (Lipinski definition) is 1. The number of nitrogens with zero attached hydrogens (tertiary/aromatic N) is 3. The zero-order valence-corrected chi connectivity index (χ0v) is 15.5. The van der Waals surface area contributed by atoms with E-state index in [4.69, 9.17) is 0 Å². The summed E-state index contributed by atoms with van der Waals surface area (Å²) in [6.07, 6.45) is 7.07. The van der Waals surface area contributed by atoms with E-state index in [-0.39, 0.29) is 11.1 Å². The second-order valence-corrected chi connectivity index (χ2v) is 8.39. The molecule has 0 unspecified atom stereocenters. The van der Waals surface area contributed by atoms with Crippen LogP contribution in [0.2, 0.25) is 0 Å². The Morgan fingerprint density at radius 2 is 2.08 bits per heavy atom. The van der Waals surface area contributed by atoms with E-state index in [0.717, 1.165) is 45.3 Å². The van der Waals surface area contributed by atoms with Crippen LogP contribution in [-0.4, -0.2) is 48.5 Å². The predicted octanol–water partition coefficient (Wildman–Crippen LogP) is 1.80. The molecule has 0 amide bonds. The Bertz CT molecular complexity index is 773. The van der Waals surface area contributed by atoms with Crippen LogP contribution in [0.1, 0.15) is 24.8 Å². The van der Waals surface area contributed by atoms with E-state index < -0.39 is 10.0 Å². The molecule has 6 nitrogen and oxygen atoms in total. The lowest BCUT2D eigenvalue weighted by Gasteiger charge is -2.32. The number of sulfonamides is 1. The molecule has 1 aliphatic rings. The van der Waals surface area contributed by atoms with Gasteiger partial charge in [0.1, 0.15) is 0 Å². The summed E-state index contributed by atoms with van der Waals surface area (Å²) in [6, 6.07) is 10.4. The number of aromatic nitrogens is 2. The zero-order valence-electron chi connectivity index (χ0n) is 14.6. The quantitative estimate of drug-likeness (QED) is 0.815. The molecule has 25 heavy (non-hydrogen) atoms. The number of benzene rings is 1. The fourth-order valence-electron chi connectivity index (χ4n) is 3.31. The summed E-state index contributed by atoms with van der Waals surface area (Å²) in [7, 11) is -1.77. The predicted molar refractivity (Wildman–Crippen MR) is 97.8 cm³/mol. The molecule has 0 aliphatic carbocycles. The fourth-order valence-corrected chi connectivity index (χ4v) is 4.56. The number of nitrogens with one attached hydrogen (secondary N) is 1. The van der Waals surface area contributed by atoms with E-state index in [1.54, 1.807) is 11.6 Å². The first-order valence-corrected chi connectivity index (χ1v) is 10.3. The average molecular weight is 362 g/mol. The van der Waals surface area contributed by atoms with Crippen molar-refractivity contribution >= 4 is 10.0 Å². The van der Waals surface area contributed by atoms with Crippen LogP contribution in [0.4, 0.5) is 0 Å². The van der Waals surface area contributed by atoms with Crippen molar-refractivity contribution in [1.82, 2.24) is 19.2 Å². The third-order valence-electron chi connectivity index (χ3n) is 4.57. The summed E-state index contributed by atoms with van der Waals surface area (Å²) in [4.78, 5) is 6.31. The molecule has 1 aliphatic heterocycles. The fraction of sp³-hybridized carbons (Fsp3) is 0.500. The topological polar surface area (TPSA) is 67.2 Å². The maximum Gasteiger partial charge on any atom is 0.259 e. The number of piperidine rings is 1. The minimum atomic E-state index is -3.53. The highest BCUT2D eigenvalue weighted by molar-refractivity contribution is 7.89. The van der Waals surface area contributed by atoms with E-state index in [1.807, 2.05) is 6.07 Å². The van der Waals surface area contributed by atoms with Gasteiger partial charge in [0, 0.05) is 25.8 Å². The van der Waals surface area contributed by atoms with Crippen LogP contribution >= 0.6 is 0 Å². The Morgan fingerprint density at radius 1 is 1.28 bits per heavy atom. The van der Waals surface area contributed by atoms with Gasteiger partial charge in [-0.15, -0.1) is 0 Å². The Labute approximate surface area is 149 Å². The van der Waals surface area contributed by atoms with Crippen molar-refractivity contribution in [1.29, 1.82) is 0 Å². The molecule has 0 bridgehead atoms. The maximum absolute atomic E-state index is 12.4. The van der Waals surface area contributed by atoms with Gasteiger partial charge in [0.05, 0.1) is 6.33 Å². The van der Waals surface area contributed by atoms with Gasteiger partial charge in [0.25, 0.3) is 10.0 Å². The van der Waals surface area contributed by atoms with Gasteiger partial charge < -0.3 is 9.47 Å². The highest BCUT2D eigenvalue weighted by atomic mass is 32.2. The molecule has 1 atom stereocenters. The Balaban J connectivity index is 1.49. The molecular weight excluding hydrogens is 336 g/mol. The van der Waals surface area contributed by atoms with Gasteiger partial charge in [0.15, 0.2) is 5.03 Å². The maximum atomic E-state index is 12.4. The lowest BCUT2D eigenvalue weighted by molar-refractivity contribution is 0.200. The number of hydrogen-bond acceptors (Lipinski definition) is 4. The number of imidazole rings is 1. The SMILES string of the molecule is Cn1cnc(S(=O)(=O)N[C@H]2CCCN(CCCc3ccccc3)C2)c1. The number of likely N-dealkylation sites (tertiary alicyclic amines) is 1. The van der Waals surface area contributed by atoms with Crippen LogP contribution in [0, 0.1) is 0 Å². The van der Waals surface area contributed by atoms with Crippen molar-refractivity contribution in [3.05, 3.63) is 48.4 Å². The van der Waals surface area contributed by atoms with Crippen LogP contribution < -0.4 is 4.72 Å². The monoisotopic (exact) mass is 362 g/mol. The van der Waals surface area contributed by atoms with Gasteiger partial charge in [-0.2, -0.15) is 0 Å². The Hall–Kier alpha value is -1.70. The normalized spacial score (nSPS) is 19.2. The van der Waals surface area contributed by atoms with Crippen molar-refractivity contribution in [2.75, 3.05) is 19.6 Å². The molecule has 2 heterocycles. The van der Waals surface area contributed by atoms with Gasteiger partial charge in [0.2, 0.25) is 0 Å². The Morgan fingerprint density at radius 3 is 2.80 bits per heavy atom. The van der Waals surface area contributed by atoms with Crippen molar-refractivity contribution in [3.8, 4) is 0 Å². The Kier molecular flexibility index (Phi) is 5.88. The number of aryl methyl sites for hydroxylation is 2. The lowest BCUT2D eigenvalue weighted by Crippen LogP contribution is -2.47. The van der Waals surface area contributed by atoms with E-state index in [1.165, 1.54) is 18.1 Å². The number of rotatable bonds is 7. The molecule has 7 heteroatoms. The third-order valence-corrected chi connectivity index (χ3v) is 5.97. The van der Waals surface area contributed by atoms with E-state index in [2.05, 4.69) is 38.9 Å².